The predicted molar refractivity (Wildman–Crippen MR) is 84.7 cm³/mol. The van der Waals surface area contributed by atoms with Crippen LogP contribution in [0.1, 0.15) is 22.8 Å². The van der Waals surface area contributed by atoms with Crippen molar-refractivity contribution in [3.63, 3.8) is 0 Å². The predicted octanol–water partition coefficient (Wildman–Crippen LogP) is 3.63. The summed E-state index contributed by atoms with van der Waals surface area (Å²) < 4.78 is 29.3. The van der Waals surface area contributed by atoms with Crippen LogP contribution in [-0.4, -0.2) is 20.3 Å². The Hall–Kier alpha value is -1.69. The molecule has 2 aromatic rings. The molecule has 0 heterocycles. The second-order valence-electron chi connectivity index (χ2n) is 4.88. The summed E-state index contributed by atoms with van der Waals surface area (Å²) in [6.45, 7) is 3.26. The molecule has 0 N–H and O–H groups in total. The molecule has 4 nitrogen and oxygen atoms in total. The van der Waals surface area contributed by atoms with Crippen LogP contribution < -0.4 is 0 Å². The molecular formula is C16H15ClO4S. The molecule has 0 aromatic heterocycles. The third-order valence-corrected chi connectivity index (χ3v) is 4.72. The van der Waals surface area contributed by atoms with E-state index in [2.05, 4.69) is 0 Å². The van der Waals surface area contributed by atoms with E-state index >= 15 is 0 Å². The molecule has 0 aliphatic carbocycles. The SMILES string of the molecule is Cc1ccc(S(=O)(=O)OC(C)C(=O)c2ccc(Cl)cc2)cc1. The van der Waals surface area contributed by atoms with E-state index in [9.17, 15) is 13.2 Å². The highest BCUT2D eigenvalue weighted by Crippen LogP contribution is 2.18. The van der Waals surface area contributed by atoms with Crippen molar-refractivity contribution in [3.05, 3.63) is 64.7 Å². The van der Waals surface area contributed by atoms with Crippen LogP contribution in [0.5, 0.6) is 0 Å². The molecule has 0 fully saturated rings. The molecule has 0 amide bonds. The molecule has 0 bridgehead atoms. The van der Waals surface area contributed by atoms with Gasteiger partial charge in [0.25, 0.3) is 10.1 Å². The van der Waals surface area contributed by atoms with Crippen LogP contribution in [0.4, 0.5) is 0 Å². The van der Waals surface area contributed by atoms with E-state index in [-0.39, 0.29) is 4.90 Å². The first-order valence-corrected chi connectivity index (χ1v) is 8.38. The zero-order chi connectivity index (χ0) is 16.3. The molecule has 22 heavy (non-hydrogen) atoms. The van der Waals surface area contributed by atoms with Gasteiger partial charge in [-0.15, -0.1) is 0 Å². The lowest BCUT2D eigenvalue weighted by Gasteiger charge is -2.12. The van der Waals surface area contributed by atoms with Crippen molar-refractivity contribution in [2.45, 2.75) is 24.8 Å². The molecule has 1 unspecified atom stereocenters. The Bertz CT molecular complexity index is 765. The topological polar surface area (TPSA) is 60.4 Å². The number of carbonyl (C=O) groups excluding carboxylic acids is 1. The summed E-state index contributed by atoms with van der Waals surface area (Å²) >= 11 is 5.76. The molecule has 0 saturated heterocycles. The van der Waals surface area contributed by atoms with E-state index in [1.807, 2.05) is 6.92 Å². The monoisotopic (exact) mass is 338 g/mol. The second-order valence-corrected chi connectivity index (χ2v) is 6.89. The fourth-order valence-electron chi connectivity index (χ4n) is 1.84. The first-order chi connectivity index (χ1) is 10.3. The summed E-state index contributed by atoms with van der Waals surface area (Å²) in [5.74, 6) is -0.424. The fourth-order valence-corrected chi connectivity index (χ4v) is 3.02. The Morgan fingerprint density at radius 2 is 1.59 bits per heavy atom. The maximum Gasteiger partial charge on any atom is 0.297 e. The largest absolute Gasteiger partial charge is 0.297 e. The van der Waals surface area contributed by atoms with Gasteiger partial charge < -0.3 is 0 Å². The van der Waals surface area contributed by atoms with E-state index in [1.54, 1.807) is 24.3 Å². The lowest BCUT2D eigenvalue weighted by atomic mass is 10.1. The minimum atomic E-state index is -3.98. The lowest BCUT2D eigenvalue weighted by Crippen LogP contribution is -2.24. The minimum absolute atomic E-state index is 0.0221. The standard InChI is InChI=1S/C16H15ClO4S/c1-11-3-9-15(10-4-11)22(19,20)21-12(2)16(18)13-5-7-14(17)8-6-13/h3-10,12H,1-2H3. The molecule has 0 saturated carbocycles. The normalized spacial score (nSPS) is 12.9. The molecule has 2 aromatic carbocycles. The van der Waals surface area contributed by atoms with Gasteiger partial charge in [0.05, 0.1) is 4.90 Å². The summed E-state index contributed by atoms with van der Waals surface area (Å²) in [4.78, 5) is 12.2. The van der Waals surface area contributed by atoms with Crippen LogP contribution in [0.15, 0.2) is 53.4 Å². The summed E-state index contributed by atoms with van der Waals surface area (Å²) in [6.07, 6.45) is -1.12. The maximum atomic E-state index is 12.2. The lowest BCUT2D eigenvalue weighted by molar-refractivity contribution is 0.0826. The first kappa shape index (κ1) is 16.7. The molecule has 0 aliphatic rings. The van der Waals surface area contributed by atoms with Gasteiger partial charge in [-0.25, -0.2) is 0 Å². The van der Waals surface area contributed by atoms with Gasteiger partial charge in [0.1, 0.15) is 6.10 Å². The number of aryl methyl sites for hydroxylation is 1. The van der Waals surface area contributed by atoms with Crippen LogP contribution in [0.3, 0.4) is 0 Å². The van der Waals surface area contributed by atoms with E-state index in [1.165, 1.54) is 31.2 Å². The number of ketones is 1. The van der Waals surface area contributed by atoms with Crippen LogP contribution in [0, 0.1) is 6.92 Å². The molecule has 0 aliphatic heterocycles. The highest BCUT2D eigenvalue weighted by molar-refractivity contribution is 7.86. The molecule has 6 heteroatoms. The zero-order valence-corrected chi connectivity index (χ0v) is 13.7. The van der Waals surface area contributed by atoms with E-state index in [0.29, 0.717) is 10.6 Å². The summed E-state index contributed by atoms with van der Waals surface area (Å²) in [5.41, 5.74) is 1.28. The van der Waals surface area contributed by atoms with Gasteiger partial charge in [-0.05, 0) is 50.2 Å². The zero-order valence-electron chi connectivity index (χ0n) is 12.1. The van der Waals surface area contributed by atoms with Crippen LogP contribution in [-0.2, 0) is 14.3 Å². The van der Waals surface area contributed by atoms with Crippen LogP contribution >= 0.6 is 11.6 Å². The molecule has 1 atom stereocenters. The number of benzene rings is 2. The van der Waals surface area contributed by atoms with Gasteiger partial charge in [0.15, 0.2) is 5.78 Å². The Morgan fingerprint density at radius 3 is 2.14 bits per heavy atom. The Kier molecular flexibility index (Phi) is 5.01. The third-order valence-electron chi connectivity index (χ3n) is 3.08. The van der Waals surface area contributed by atoms with E-state index < -0.39 is 22.0 Å². The molecule has 2 rings (SSSR count). The number of hydrogen-bond acceptors (Lipinski definition) is 4. The molecule has 0 spiro atoms. The van der Waals surface area contributed by atoms with Gasteiger partial charge in [-0.1, -0.05) is 29.3 Å². The summed E-state index contributed by atoms with van der Waals surface area (Å²) in [6, 6.07) is 12.4. The molecular weight excluding hydrogens is 324 g/mol. The minimum Gasteiger partial charge on any atom is -0.291 e. The van der Waals surface area contributed by atoms with Crippen LogP contribution in [0.2, 0.25) is 5.02 Å². The van der Waals surface area contributed by atoms with Crippen molar-refractivity contribution in [2.75, 3.05) is 0 Å². The highest BCUT2D eigenvalue weighted by atomic mass is 35.5. The Balaban J connectivity index is 2.16. The number of hydrogen-bond donors (Lipinski definition) is 0. The Morgan fingerprint density at radius 1 is 1.05 bits per heavy atom. The third kappa shape index (κ3) is 3.94. The molecule has 116 valence electrons. The van der Waals surface area contributed by atoms with Crippen LogP contribution in [0.25, 0.3) is 0 Å². The quantitative estimate of drug-likeness (QED) is 0.617. The van der Waals surface area contributed by atoms with E-state index in [4.69, 9.17) is 15.8 Å². The molecule has 0 radical (unpaired) electrons. The number of rotatable bonds is 5. The van der Waals surface area contributed by atoms with Crippen molar-refractivity contribution in [3.8, 4) is 0 Å². The van der Waals surface area contributed by atoms with E-state index in [0.717, 1.165) is 5.56 Å². The van der Waals surface area contributed by atoms with Crippen molar-refractivity contribution in [1.82, 2.24) is 0 Å². The number of halogens is 1. The summed E-state index contributed by atoms with van der Waals surface area (Å²) in [7, 11) is -3.98. The highest BCUT2D eigenvalue weighted by Gasteiger charge is 2.24. The average Bonchev–Trinajstić information content (AvgIpc) is 2.47. The second kappa shape index (κ2) is 6.60. The average molecular weight is 339 g/mol. The van der Waals surface area contributed by atoms with Crippen molar-refractivity contribution < 1.29 is 17.4 Å². The first-order valence-electron chi connectivity index (χ1n) is 6.59. The number of Topliss-reactive ketones (excluding diaryl/α,β-unsaturated/α-hetero) is 1. The Labute approximate surface area is 134 Å². The van der Waals surface area contributed by atoms with Gasteiger partial charge in [-0.3, -0.25) is 8.98 Å². The maximum absolute atomic E-state index is 12.2. The van der Waals surface area contributed by atoms with Crippen molar-refractivity contribution in [1.29, 1.82) is 0 Å². The van der Waals surface area contributed by atoms with Crippen molar-refractivity contribution >= 4 is 27.5 Å². The number of carbonyl (C=O) groups is 1. The smallest absolute Gasteiger partial charge is 0.291 e. The van der Waals surface area contributed by atoms with Gasteiger partial charge in [0.2, 0.25) is 0 Å². The van der Waals surface area contributed by atoms with Gasteiger partial charge in [-0.2, -0.15) is 8.42 Å². The summed E-state index contributed by atoms with van der Waals surface area (Å²) in [5, 5.41) is 0.498. The van der Waals surface area contributed by atoms with Gasteiger partial charge in [0, 0.05) is 10.6 Å². The van der Waals surface area contributed by atoms with Gasteiger partial charge >= 0.3 is 0 Å². The van der Waals surface area contributed by atoms with Crippen molar-refractivity contribution in [2.24, 2.45) is 0 Å². The fraction of sp³-hybridized carbons (Fsp3) is 0.188.